The number of piperidine rings is 1. The molecule has 3 atom stereocenters. The standard InChI is InChI=1S/C21H24ClN5O2S/c1-26-19-6-4-3-5-18(19)24-21(26)16-11-20(23-12-17(16)22)27-14-7-8-15(27)10-13(9-14)25-30(2,28)29/h3-6,11-15,25H,7-10H2,1-2H3/t13?,14-,15+. The van der Waals surface area contributed by atoms with Crippen LogP contribution in [0, 0.1) is 0 Å². The summed E-state index contributed by atoms with van der Waals surface area (Å²) in [4.78, 5) is 11.8. The van der Waals surface area contributed by atoms with Crippen LogP contribution in [-0.4, -0.2) is 47.3 Å². The topological polar surface area (TPSA) is 80.1 Å². The van der Waals surface area contributed by atoms with Crippen LogP contribution in [0.2, 0.25) is 5.02 Å². The molecule has 7 nitrogen and oxygen atoms in total. The maximum Gasteiger partial charge on any atom is 0.208 e. The van der Waals surface area contributed by atoms with Crippen molar-refractivity contribution in [1.82, 2.24) is 19.3 Å². The highest BCUT2D eigenvalue weighted by Gasteiger charge is 2.42. The van der Waals surface area contributed by atoms with Crippen LogP contribution in [0.5, 0.6) is 0 Å². The molecule has 3 aromatic rings. The first kappa shape index (κ1) is 19.8. The number of imidazole rings is 1. The molecule has 2 aliphatic rings. The van der Waals surface area contributed by atoms with E-state index in [1.54, 1.807) is 6.20 Å². The van der Waals surface area contributed by atoms with Crippen LogP contribution < -0.4 is 9.62 Å². The van der Waals surface area contributed by atoms with Crippen LogP contribution in [0.1, 0.15) is 25.7 Å². The predicted octanol–water partition coefficient (Wildman–Crippen LogP) is 3.34. The Bertz CT molecular complexity index is 1210. The SMILES string of the molecule is Cn1c(-c2cc(N3[C@@H]4CC[C@H]3CC(NS(C)(=O)=O)C4)ncc2Cl)nc2ccccc21. The molecule has 4 heterocycles. The Morgan fingerprint density at radius 3 is 2.53 bits per heavy atom. The van der Waals surface area contributed by atoms with Gasteiger partial charge in [0, 0.05) is 36.9 Å². The smallest absolute Gasteiger partial charge is 0.208 e. The van der Waals surface area contributed by atoms with Crippen molar-refractivity contribution in [2.24, 2.45) is 7.05 Å². The zero-order valence-electron chi connectivity index (χ0n) is 16.9. The lowest BCUT2D eigenvalue weighted by Gasteiger charge is -2.40. The molecule has 0 spiro atoms. The third kappa shape index (κ3) is 3.46. The molecule has 0 aliphatic carbocycles. The number of nitrogens with one attached hydrogen (secondary N) is 1. The van der Waals surface area contributed by atoms with E-state index in [4.69, 9.17) is 16.6 Å². The third-order valence-electron chi connectivity index (χ3n) is 6.25. The molecular weight excluding hydrogens is 422 g/mol. The van der Waals surface area contributed by atoms with E-state index in [2.05, 4.69) is 19.2 Å². The number of sulfonamides is 1. The van der Waals surface area contributed by atoms with Crippen LogP contribution in [0.25, 0.3) is 22.4 Å². The van der Waals surface area contributed by atoms with Gasteiger partial charge in [-0.2, -0.15) is 0 Å². The summed E-state index contributed by atoms with van der Waals surface area (Å²) in [5.74, 6) is 1.69. The fourth-order valence-corrected chi connectivity index (χ4v) is 6.06. The lowest BCUT2D eigenvalue weighted by atomic mass is 9.98. The summed E-state index contributed by atoms with van der Waals surface area (Å²) in [7, 11) is -1.21. The number of fused-ring (bicyclic) bond motifs is 3. The van der Waals surface area contributed by atoms with Gasteiger partial charge in [0.2, 0.25) is 10.0 Å². The fourth-order valence-electron chi connectivity index (χ4n) is 5.08. The summed E-state index contributed by atoms with van der Waals surface area (Å²) in [6, 6.07) is 10.6. The minimum atomic E-state index is -3.20. The van der Waals surface area contributed by atoms with Gasteiger partial charge in [0.15, 0.2) is 0 Å². The van der Waals surface area contributed by atoms with Gasteiger partial charge in [-0.3, -0.25) is 0 Å². The summed E-state index contributed by atoms with van der Waals surface area (Å²) >= 11 is 6.54. The van der Waals surface area contributed by atoms with Crippen molar-refractivity contribution in [3.63, 3.8) is 0 Å². The van der Waals surface area contributed by atoms with E-state index in [-0.39, 0.29) is 18.1 Å². The molecule has 9 heteroatoms. The highest BCUT2D eigenvalue weighted by atomic mass is 35.5. The molecule has 0 saturated carbocycles. The van der Waals surface area contributed by atoms with Crippen LogP contribution in [0.15, 0.2) is 36.5 Å². The number of aryl methyl sites for hydroxylation is 1. The molecule has 158 valence electrons. The molecule has 2 fully saturated rings. The maximum absolute atomic E-state index is 11.7. The molecule has 2 aromatic heterocycles. The van der Waals surface area contributed by atoms with E-state index in [1.165, 1.54) is 6.26 Å². The van der Waals surface area contributed by atoms with E-state index in [0.717, 1.165) is 53.9 Å². The average Bonchev–Trinajstić information content (AvgIpc) is 3.15. The number of nitrogens with zero attached hydrogens (tertiary/aromatic N) is 4. The van der Waals surface area contributed by atoms with Crippen molar-refractivity contribution in [3.05, 3.63) is 41.6 Å². The molecule has 1 aromatic carbocycles. The highest BCUT2D eigenvalue weighted by Crippen LogP contribution is 2.41. The second kappa shape index (κ2) is 7.21. The van der Waals surface area contributed by atoms with E-state index >= 15 is 0 Å². The molecule has 2 bridgehead atoms. The molecule has 0 amide bonds. The molecule has 2 aliphatic heterocycles. The Morgan fingerprint density at radius 1 is 1.17 bits per heavy atom. The summed E-state index contributed by atoms with van der Waals surface area (Å²) < 4.78 is 28.2. The number of hydrogen-bond acceptors (Lipinski definition) is 5. The zero-order valence-corrected chi connectivity index (χ0v) is 18.5. The lowest BCUT2D eigenvalue weighted by Crippen LogP contribution is -2.50. The monoisotopic (exact) mass is 445 g/mol. The average molecular weight is 446 g/mol. The lowest BCUT2D eigenvalue weighted by molar-refractivity contribution is 0.389. The van der Waals surface area contributed by atoms with Gasteiger partial charge in [-0.15, -0.1) is 0 Å². The molecule has 0 radical (unpaired) electrons. The third-order valence-corrected chi connectivity index (χ3v) is 7.31. The number of halogens is 1. The molecule has 1 N–H and O–H groups in total. The van der Waals surface area contributed by atoms with Crippen LogP contribution in [-0.2, 0) is 17.1 Å². The highest BCUT2D eigenvalue weighted by molar-refractivity contribution is 7.88. The second-order valence-corrected chi connectivity index (χ2v) is 10.5. The first-order valence-electron chi connectivity index (χ1n) is 10.1. The number of aromatic nitrogens is 3. The minimum Gasteiger partial charge on any atom is -0.351 e. The zero-order chi connectivity index (χ0) is 21.0. The molecular formula is C21H24ClN5O2S. The van der Waals surface area contributed by atoms with Crippen molar-refractivity contribution in [3.8, 4) is 11.4 Å². The minimum absolute atomic E-state index is 0.0136. The van der Waals surface area contributed by atoms with Gasteiger partial charge in [0.1, 0.15) is 11.6 Å². The number of rotatable bonds is 4. The summed E-state index contributed by atoms with van der Waals surface area (Å²) in [6.45, 7) is 0. The van der Waals surface area contributed by atoms with Crippen molar-refractivity contribution in [2.75, 3.05) is 11.2 Å². The van der Waals surface area contributed by atoms with Gasteiger partial charge in [-0.25, -0.2) is 23.1 Å². The van der Waals surface area contributed by atoms with Crippen molar-refractivity contribution in [1.29, 1.82) is 0 Å². The van der Waals surface area contributed by atoms with Crippen molar-refractivity contribution >= 4 is 38.5 Å². The predicted molar refractivity (Wildman–Crippen MR) is 119 cm³/mol. The Balaban J connectivity index is 1.49. The summed E-state index contributed by atoms with van der Waals surface area (Å²) in [5, 5.41) is 0.568. The van der Waals surface area contributed by atoms with Crippen LogP contribution >= 0.6 is 11.6 Å². The number of pyridine rings is 1. The van der Waals surface area contributed by atoms with Crippen LogP contribution in [0.4, 0.5) is 5.82 Å². The van der Waals surface area contributed by atoms with E-state index in [9.17, 15) is 8.42 Å². The van der Waals surface area contributed by atoms with E-state index < -0.39 is 10.0 Å². The normalized spacial score (nSPS) is 24.0. The Labute approximate surface area is 181 Å². The largest absolute Gasteiger partial charge is 0.351 e. The molecule has 5 rings (SSSR count). The van der Waals surface area contributed by atoms with Crippen molar-refractivity contribution < 1.29 is 8.42 Å². The quantitative estimate of drug-likeness (QED) is 0.666. The number of para-hydroxylation sites is 2. The van der Waals surface area contributed by atoms with E-state index in [1.807, 2.05) is 37.4 Å². The van der Waals surface area contributed by atoms with Gasteiger partial charge in [0.05, 0.1) is 22.3 Å². The molecule has 2 saturated heterocycles. The Hall–Kier alpha value is -2.16. The van der Waals surface area contributed by atoms with Crippen molar-refractivity contribution in [2.45, 2.75) is 43.8 Å². The fraction of sp³-hybridized carbons (Fsp3) is 0.429. The van der Waals surface area contributed by atoms with Gasteiger partial charge >= 0.3 is 0 Å². The van der Waals surface area contributed by atoms with Crippen LogP contribution in [0.3, 0.4) is 0 Å². The van der Waals surface area contributed by atoms with Gasteiger partial charge in [0.25, 0.3) is 0 Å². The maximum atomic E-state index is 11.7. The summed E-state index contributed by atoms with van der Waals surface area (Å²) in [6.07, 6.45) is 6.58. The van der Waals surface area contributed by atoms with Gasteiger partial charge in [-0.1, -0.05) is 23.7 Å². The van der Waals surface area contributed by atoms with Gasteiger partial charge < -0.3 is 9.47 Å². The van der Waals surface area contributed by atoms with E-state index in [0.29, 0.717) is 5.02 Å². The number of benzene rings is 1. The Morgan fingerprint density at radius 2 is 1.87 bits per heavy atom. The second-order valence-electron chi connectivity index (χ2n) is 8.36. The number of anilines is 1. The first-order chi connectivity index (χ1) is 14.3. The van der Waals surface area contributed by atoms with Gasteiger partial charge in [-0.05, 0) is 43.9 Å². The molecule has 1 unspecified atom stereocenters. The Kier molecular flexibility index (Phi) is 4.76. The first-order valence-corrected chi connectivity index (χ1v) is 12.4. The molecule has 30 heavy (non-hydrogen) atoms. The number of hydrogen-bond donors (Lipinski definition) is 1. The summed E-state index contributed by atoms with van der Waals surface area (Å²) in [5.41, 5.74) is 2.84.